The number of phenolic OH excluding ortho intramolecular Hbond substituents is 1. The van der Waals surface area contributed by atoms with E-state index in [9.17, 15) is 12.8 Å². The molecular weight excluding hydrogens is 295 g/mol. The summed E-state index contributed by atoms with van der Waals surface area (Å²) in [5.41, 5.74) is 1.01. The zero-order chi connectivity index (χ0) is 15.5. The number of hydrogen-bond donors (Lipinski definition) is 1. The Morgan fingerprint density at radius 2 is 1.67 bits per heavy atom. The molecule has 0 aliphatic carbocycles. The number of hydrogen-bond acceptors (Lipinski definition) is 4. The second-order valence-corrected chi connectivity index (χ2v) is 5.95. The van der Waals surface area contributed by atoms with Crippen molar-refractivity contribution in [1.29, 1.82) is 0 Å². The lowest BCUT2D eigenvalue weighted by Crippen LogP contribution is -2.02. The first-order valence-electron chi connectivity index (χ1n) is 6.03. The van der Waals surface area contributed by atoms with Gasteiger partial charge in [-0.2, -0.15) is 8.42 Å². The minimum Gasteiger partial charge on any atom is -0.508 e. The maximum Gasteiger partial charge on any atom is 0.338 e. The number of aromatic hydroxyl groups is 1. The van der Waals surface area contributed by atoms with Gasteiger partial charge in [-0.05, 0) is 43.3 Å². The number of benzene rings is 2. The van der Waals surface area contributed by atoms with Crippen molar-refractivity contribution in [3.63, 3.8) is 0 Å². The average molecular weight is 308 g/mol. The van der Waals surface area contributed by atoms with Gasteiger partial charge in [0.2, 0.25) is 0 Å². The van der Waals surface area contributed by atoms with Crippen LogP contribution in [0, 0.1) is 6.92 Å². The molecule has 4 nitrogen and oxygen atoms in total. The summed E-state index contributed by atoms with van der Waals surface area (Å²) in [6.07, 6.45) is 0.529. The van der Waals surface area contributed by atoms with Gasteiger partial charge in [0.05, 0.1) is 0 Å². The molecule has 0 amide bonds. The smallest absolute Gasteiger partial charge is 0.338 e. The lowest BCUT2D eigenvalue weighted by molar-refractivity contribution is 0.439. The van der Waals surface area contributed by atoms with Gasteiger partial charge in [-0.3, -0.25) is 0 Å². The highest BCUT2D eigenvalue weighted by Crippen LogP contribution is 2.21. The van der Waals surface area contributed by atoms with E-state index in [1.165, 1.54) is 36.4 Å². The molecule has 0 radical (unpaired) electrons. The van der Waals surface area contributed by atoms with E-state index in [2.05, 4.69) is 4.18 Å². The Balaban J connectivity index is 2.18. The van der Waals surface area contributed by atoms with Crippen LogP contribution in [0.15, 0.2) is 59.7 Å². The van der Waals surface area contributed by atoms with Crippen LogP contribution in [-0.2, 0) is 14.3 Å². The maximum absolute atomic E-state index is 13.8. The van der Waals surface area contributed by atoms with E-state index in [0.29, 0.717) is 6.26 Å². The topological polar surface area (TPSA) is 63.6 Å². The van der Waals surface area contributed by atoms with Crippen LogP contribution >= 0.6 is 0 Å². The van der Waals surface area contributed by atoms with Crippen molar-refractivity contribution in [3.8, 4) is 5.75 Å². The van der Waals surface area contributed by atoms with Gasteiger partial charge in [-0.1, -0.05) is 17.7 Å². The van der Waals surface area contributed by atoms with Crippen LogP contribution in [0.3, 0.4) is 0 Å². The van der Waals surface area contributed by atoms with E-state index in [0.717, 1.165) is 5.56 Å². The van der Waals surface area contributed by atoms with Gasteiger partial charge in [-0.25, -0.2) is 4.39 Å². The monoisotopic (exact) mass is 308 g/mol. The number of rotatable bonds is 4. The lowest BCUT2D eigenvalue weighted by atomic mass is 10.2. The molecule has 0 saturated carbocycles. The van der Waals surface area contributed by atoms with Crippen molar-refractivity contribution < 1.29 is 22.1 Å². The maximum atomic E-state index is 13.8. The summed E-state index contributed by atoms with van der Waals surface area (Å²) in [6, 6.07) is 11.2. The molecule has 0 atom stereocenters. The Morgan fingerprint density at radius 1 is 1.10 bits per heavy atom. The molecule has 21 heavy (non-hydrogen) atoms. The van der Waals surface area contributed by atoms with Gasteiger partial charge in [0.25, 0.3) is 0 Å². The van der Waals surface area contributed by atoms with Crippen molar-refractivity contribution in [2.45, 2.75) is 11.8 Å². The molecule has 0 bridgehead atoms. The highest BCUT2D eigenvalue weighted by Gasteiger charge is 2.14. The Hall–Kier alpha value is -2.34. The van der Waals surface area contributed by atoms with Gasteiger partial charge in [-0.15, -0.1) is 0 Å². The fourth-order valence-corrected chi connectivity index (χ4v) is 2.35. The Kier molecular flexibility index (Phi) is 4.28. The van der Waals surface area contributed by atoms with E-state index in [-0.39, 0.29) is 16.2 Å². The fourth-order valence-electron chi connectivity index (χ4n) is 1.55. The van der Waals surface area contributed by atoms with Gasteiger partial charge < -0.3 is 9.29 Å². The molecular formula is C15H13FO4S. The molecule has 6 heteroatoms. The highest BCUT2D eigenvalue weighted by molar-refractivity contribution is 7.86. The Morgan fingerprint density at radius 3 is 2.24 bits per heavy atom. The standard InChI is InChI=1S/C15H13FO4S/c1-11-2-8-14(9-3-11)21(18,19)20-10-15(16)12-4-6-13(17)7-5-12/h2-10,17H,1H3/b15-10-. The van der Waals surface area contributed by atoms with E-state index < -0.39 is 15.9 Å². The first-order chi connectivity index (χ1) is 9.88. The predicted octanol–water partition coefficient (Wildman–Crippen LogP) is 3.37. The zero-order valence-electron chi connectivity index (χ0n) is 11.2. The molecule has 0 unspecified atom stereocenters. The fraction of sp³-hybridized carbons (Fsp3) is 0.0667. The Labute approximate surface area is 122 Å². The molecule has 0 aliphatic heterocycles. The summed E-state index contributed by atoms with van der Waals surface area (Å²) in [5, 5.41) is 9.10. The van der Waals surface area contributed by atoms with E-state index in [1.54, 1.807) is 12.1 Å². The SMILES string of the molecule is Cc1ccc(S(=O)(=O)O/C=C(\F)c2ccc(O)cc2)cc1. The second-order valence-electron chi connectivity index (χ2n) is 4.38. The van der Waals surface area contributed by atoms with Gasteiger partial charge in [0, 0.05) is 5.56 Å². The van der Waals surface area contributed by atoms with Gasteiger partial charge >= 0.3 is 10.1 Å². The van der Waals surface area contributed by atoms with Crippen LogP contribution in [0.25, 0.3) is 5.83 Å². The summed E-state index contributed by atoms with van der Waals surface area (Å²) < 4.78 is 42.1. The summed E-state index contributed by atoms with van der Waals surface area (Å²) in [7, 11) is -4.05. The van der Waals surface area contributed by atoms with Crippen LogP contribution in [0.1, 0.15) is 11.1 Å². The molecule has 110 valence electrons. The lowest BCUT2D eigenvalue weighted by Gasteiger charge is -2.04. The molecule has 0 fully saturated rings. The predicted molar refractivity (Wildman–Crippen MR) is 76.6 cm³/mol. The third kappa shape index (κ3) is 3.82. The number of halogens is 1. The third-order valence-corrected chi connectivity index (χ3v) is 3.93. The molecule has 2 aromatic carbocycles. The van der Waals surface area contributed by atoms with Crippen LogP contribution < -0.4 is 0 Å². The van der Waals surface area contributed by atoms with Crippen molar-refractivity contribution >= 4 is 15.9 Å². The zero-order valence-corrected chi connectivity index (χ0v) is 12.0. The van der Waals surface area contributed by atoms with Crippen LogP contribution in [-0.4, -0.2) is 13.5 Å². The molecule has 2 aromatic rings. The summed E-state index contributed by atoms with van der Waals surface area (Å²) in [4.78, 5) is -0.0529. The molecule has 0 saturated heterocycles. The van der Waals surface area contributed by atoms with E-state index in [4.69, 9.17) is 5.11 Å². The van der Waals surface area contributed by atoms with Crippen molar-refractivity contribution in [1.82, 2.24) is 0 Å². The second kappa shape index (κ2) is 5.97. The van der Waals surface area contributed by atoms with Crippen LogP contribution in [0.5, 0.6) is 5.75 Å². The number of phenols is 1. The molecule has 1 N–H and O–H groups in total. The number of aryl methyl sites for hydroxylation is 1. The molecule has 0 aliphatic rings. The van der Waals surface area contributed by atoms with Crippen molar-refractivity contribution in [2.24, 2.45) is 0 Å². The van der Waals surface area contributed by atoms with E-state index in [1.807, 2.05) is 6.92 Å². The van der Waals surface area contributed by atoms with Crippen LogP contribution in [0.2, 0.25) is 0 Å². The minimum atomic E-state index is -4.05. The summed E-state index contributed by atoms with van der Waals surface area (Å²) in [5.74, 6) is -0.870. The summed E-state index contributed by atoms with van der Waals surface area (Å²) >= 11 is 0. The van der Waals surface area contributed by atoms with Crippen molar-refractivity contribution in [2.75, 3.05) is 0 Å². The minimum absolute atomic E-state index is 0.0141. The largest absolute Gasteiger partial charge is 0.508 e. The quantitative estimate of drug-likeness (QED) is 0.695. The molecule has 0 heterocycles. The molecule has 0 aromatic heterocycles. The highest BCUT2D eigenvalue weighted by atomic mass is 32.2. The van der Waals surface area contributed by atoms with Crippen LogP contribution in [0.4, 0.5) is 4.39 Å². The Bertz CT molecular complexity index is 747. The van der Waals surface area contributed by atoms with Gasteiger partial charge in [0.15, 0.2) is 5.83 Å². The normalized spacial score (nSPS) is 12.2. The average Bonchev–Trinajstić information content (AvgIpc) is 2.46. The first-order valence-corrected chi connectivity index (χ1v) is 7.44. The molecule has 2 rings (SSSR count). The molecule has 0 spiro atoms. The van der Waals surface area contributed by atoms with Crippen molar-refractivity contribution in [3.05, 3.63) is 65.9 Å². The van der Waals surface area contributed by atoms with Gasteiger partial charge in [0.1, 0.15) is 16.9 Å². The van der Waals surface area contributed by atoms with E-state index >= 15 is 0 Å². The first kappa shape index (κ1) is 15.1. The third-order valence-electron chi connectivity index (χ3n) is 2.73. The summed E-state index contributed by atoms with van der Waals surface area (Å²) in [6.45, 7) is 1.82.